The number of nitrogens with zero attached hydrogens (tertiary/aromatic N) is 2. The van der Waals surface area contributed by atoms with Gasteiger partial charge in [-0.3, -0.25) is 24.5 Å². The summed E-state index contributed by atoms with van der Waals surface area (Å²) in [6.07, 6.45) is -17.0. The Hall–Kier alpha value is -4.47. The van der Waals surface area contributed by atoms with Gasteiger partial charge in [-0.1, -0.05) is 0 Å². The normalized spacial score (nSPS) is 41.8. The average Bonchev–Trinajstić information content (AvgIpc) is 3.28. The highest BCUT2D eigenvalue weighted by Gasteiger charge is 2.62. The minimum absolute atomic E-state index is 0.0188. The maximum Gasteiger partial charge on any atom is 0.316 e. The molecule has 7 N–H and O–H groups in total. The lowest BCUT2D eigenvalue weighted by atomic mass is 9.69. The van der Waals surface area contributed by atoms with Gasteiger partial charge in [0.05, 0.1) is 72.4 Å². The number of fused-ring (bicyclic) bond motifs is 8. The molecule has 0 amide bonds. The van der Waals surface area contributed by atoms with Gasteiger partial charge in [-0.15, -0.1) is 0 Å². The zero-order valence-electron chi connectivity index (χ0n) is 40.7. The van der Waals surface area contributed by atoms with Crippen molar-refractivity contribution in [1.29, 1.82) is 0 Å². The fraction of sp³-hybridized carbons (Fsp3) is 0.688. The van der Waals surface area contributed by atoms with Gasteiger partial charge in [0.1, 0.15) is 53.2 Å². The van der Waals surface area contributed by atoms with E-state index in [4.69, 9.17) is 42.6 Å². The number of carbonyl (C=O) groups excluding carboxylic acids is 3. The van der Waals surface area contributed by atoms with Crippen LogP contribution in [0.5, 0.6) is 17.2 Å². The Bertz CT molecular complexity index is 2480. The molecule has 0 spiro atoms. The number of likely N-dealkylation sites (N-methyl/N-ethyl adjacent to an activating group) is 1. The van der Waals surface area contributed by atoms with Crippen molar-refractivity contribution in [3.8, 4) is 17.2 Å². The van der Waals surface area contributed by atoms with Gasteiger partial charge < -0.3 is 83.3 Å². The van der Waals surface area contributed by atoms with Crippen LogP contribution in [0.3, 0.4) is 0 Å². The topological polar surface area (TPSA) is 322 Å². The Labute approximate surface area is 407 Å². The molecular weight excluding hydrogens is 941 g/mol. The van der Waals surface area contributed by atoms with E-state index in [0.29, 0.717) is 0 Å². The maximum absolute atomic E-state index is 14.9. The van der Waals surface area contributed by atoms with E-state index < -0.39 is 166 Å². The predicted molar refractivity (Wildman–Crippen MR) is 238 cm³/mol. The van der Waals surface area contributed by atoms with Crippen LogP contribution in [0.15, 0.2) is 12.1 Å². The first kappa shape index (κ1) is 51.4. The minimum Gasteiger partial charge on any atom is -0.507 e. The Morgan fingerprint density at radius 3 is 2.08 bits per heavy atom. The molecule has 390 valence electrons. The van der Waals surface area contributed by atoms with Crippen molar-refractivity contribution in [3.05, 3.63) is 61.2 Å². The van der Waals surface area contributed by atoms with Crippen molar-refractivity contribution >= 4 is 17.5 Å². The van der Waals surface area contributed by atoms with Gasteiger partial charge in [0.25, 0.3) is 5.54 Å². The molecule has 0 aromatic heterocycles. The molecule has 23 nitrogen and oxygen atoms in total. The number of benzene rings is 2. The number of methoxy groups -OCH3 is 1. The molecule has 4 saturated heterocycles. The lowest BCUT2D eigenvalue weighted by molar-refractivity contribution is -0.599. The number of esters is 1. The lowest BCUT2D eigenvalue weighted by Crippen LogP contribution is -2.70. The molecule has 0 radical (unpaired) electrons. The largest absolute Gasteiger partial charge is 0.507 e. The number of aromatic hydroxyl groups is 2. The van der Waals surface area contributed by atoms with E-state index in [1.807, 2.05) is 0 Å². The fourth-order valence-corrected chi connectivity index (χ4v) is 11.9. The first-order valence-electron chi connectivity index (χ1n) is 23.7. The van der Waals surface area contributed by atoms with Crippen LogP contribution in [0.4, 0.5) is 0 Å². The number of rotatable bonds is 9. The highest BCUT2D eigenvalue weighted by atomic mass is 16.8. The second-order valence-corrected chi connectivity index (χ2v) is 20.8. The van der Waals surface area contributed by atoms with Gasteiger partial charge in [-0.25, -0.2) is 0 Å². The summed E-state index contributed by atoms with van der Waals surface area (Å²) in [6.45, 7) is 9.10. The Kier molecular flexibility index (Phi) is 13.2. The average molecular weight is 1000 g/mol. The summed E-state index contributed by atoms with van der Waals surface area (Å²) >= 11 is 0. The van der Waals surface area contributed by atoms with Gasteiger partial charge in [0.2, 0.25) is 12.1 Å². The molecule has 5 heterocycles. The van der Waals surface area contributed by atoms with Gasteiger partial charge in [-0.05, 0) is 84.8 Å². The molecule has 7 unspecified atom stereocenters. The summed E-state index contributed by atoms with van der Waals surface area (Å²) in [5.41, 5.74) is -6.46. The summed E-state index contributed by atoms with van der Waals surface area (Å²) in [4.78, 5) is 56.3. The van der Waals surface area contributed by atoms with E-state index in [2.05, 4.69) is 0 Å². The number of phenols is 2. The first-order chi connectivity index (χ1) is 33.2. The zero-order chi connectivity index (χ0) is 51.7. The number of hydrogen-bond donors (Lipinski definition) is 7. The van der Waals surface area contributed by atoms with Gasteiger partial charge in [-0.2, -0.15) is 0 Å². The quantitative estimate of drug-likeness (QED) is 0.0884. The van der Waals surface area contributed by atoms with E-state index in [1.54, 1.807) is 46.7 Å². The first-order valence-corrected chi connectivity index (χ1v) is 23.7. The molecule has 23 heteroatoms. The van der Waals surface area contributed by atoms with Crippen LogP contribution in [0.1, 0.15) is 122 Å². The second kappa shape index (κ2) is 18.2. The Morgan fingerprint density at radius 2 is 1.46 bits per heavy atom. The third-order valence-corrected chi connectivity index (χ3v) is 15.7. The fourth-order valence-electron chi connectivity index (χ4n) is 11.9. The third kappa shape index (κ3) is 8.21. The molecule has 9 rings (SSSR count). The number of aliphatic hydroxyl groups excluding tert-OH is 4. The van der Waals surface area contributed by atoms with E-state index in [-0.39, 0.29) is 60.1 Å². The molecule has 19 atom stereocenters. The summed E-state index contributed by atoms with van der Waals surface area (Å²) in [6, 6.07) is 1.53. The SMILES string of the molecule is COC(=O)C1c2cc3c(c(O)c2CCC1(C)O)C(=O)c1c(O)cc2c(c1C3=O)OC1OC2(C)C(O[C@H]2C[C@H](O)[C@H](O[C@@H]3C[C@@](C)([N+](=O)[O-])[C@@H](O[C@H]4C[C@H](O)[C@H](O)[C@H](C)O4)[C@H](C)O3)[C@H](C)O2)C(N(C)C)C1O. The van der Waals surface area contributed by atoms with Gasteiger partial charge in [0.15, 0.2) is 30.8 Å². The zero-order valence-corrected chi connectivity index (χ0v) is 40.7. The van der Waals surface area contributed by atoms with Crippen molar-refractivity contribution in [2.24, 2.45) is 0 Å². The minimum atomic E-state index is -1.80. The molecule has 2 aromatic carbocycles. The van der Waals surface area contributed by atoms with Crippen LogP contribution in [-0.4, -0.2) is 188 Å². The van der Waals surface area contributed by atoms with Gasteiger partial charge in [0, 0.05) is 35.8 Å². The molecule has 7 aliphatic rings. The van der Waals surface area contributed by atoms with E-state index in [1.165, 1.54) is 26.0 Å². The Balaban J connectivity index is 0.982. The molecule has 2 aromatic rings. The van der Waals surface area contributed by atoms with Crippen LogP contribution in [0, 0.1) is 10.1 Å². The van der Waals surface area contributed by atoms with Crippen LogP contribution in [-0.2, 0) is 54.7 Å². The standard InChI is InChI=1S/C48H62N2O21/c1-17-35(54)25(52)14-27(64-17)68-42-19(3)66-29(16-46(42,4)50(61)62)67-40-18(2)65-28(15-26(40)53)69-43-34(49(7)8)39(58)45-70-41-23(48(43,6)71-45)13-24(51)31-32(41)37(56)22-12-21-20(36(55)30(22)38(31)57)10-11-47(5,60)33(21)44(59)63-9/h12-13,17-19,25-29,33-35,39-40,42-43,45,51-55,58,60H,10-11,14-16H2,1-9H3/t17-,18-,19-,25-,26-,27-,28-,29+,33?,34?,35+,39?,40+,42-,43?,45?,46+,47?,48?/m0/s1. The number of nitro groups is 1. The molecule has 2 aliphatic carbocycles. The summed E-state index contributed by atoms with van der Waals surface area (Å²) in [7, 11) is 4.48. The van der Waals surface area contributed by atoms with E-state index in [9.17, 15) is 60.2 Å². The number of aliphatic hydroxyl groups is 5. The monoisotopic (exact) mass is 1000 g/mol. The number of hydrogen-bond acceptors (Lipinski definition) is 22. The summed E-state index contributed by atoms with van der Waals surface area (Å²) < 4.78 is 54.8. The van der Waals surface area contributed by atoms with Crippen molar-refractivity contribution in [2.45, 2.75) is 189 Å². The number of carbonyl (C=O) groups is 3. The highest BCUT2D eigenvalue weighted by Crippen LogP contribution is 2.55. The molecule has 4 fully saturated rings. The number of phenolic OH excluding ortho intramolecular Hbond substituents is 2. The summed E-state index contributed by atoms with van der Waals surface area (Å²) in [5.74, 6) is -5.42. The van der Waals surface area contributed by atoms with Crippen molar-refractivity contribution < 1.29 is 97.7 Å². The van der Waals surface area contributed by atoms with E-state index in [0.717, 1.165) is 7.11 Å². The molecule has 0 saturated carbocycles. The van der Waals surface area contributed by atoms with Crippen LogP contribution in [0.2, 0.25) is 0 Å². The predicted octanol–water partition coefficient (Wildman–Crippen LogP) is 0.760. The van der Waals surface area contributed by atoms with Crippen molar-refractivity contribution in [2.75, 3.05) is 21.2 Å². The molecule has 5 aliphatic heterocycles. The smallest absolute Gasteiger partial charge is 0.316 e. The van der Waals surface area contributed by atoms with E-state index >= 15 is 0 Å². The second-order valence-electron chi connectivity index (χ2n) is 20.8. The number of ether oxygens (including phenoxy) is 9. The van der Waals surface area contributed by atoms with Crippen molar-refractivity contribution in [1.82, 2.24) is 4.90 Å². The van der Waals surface area contributed by atoms with Crippen molar-refractivity contribution in [3.63, 3.8) is 0 Å². The molecule has 2 bridgehead atoms. The molecular formula is C48H62N2O21. The Morgan fingerprint density at radius 1 is 0.831 bits per heavy atom. The maximum atomic E-state index is 14.9. The van der Waals surface area contributed by atoms with Crippen LogP contribution >= 0.6 is 0 Å². The van der Waals surface area contributed by atoms with Gasteiger partial charge >= 0.3 is 5.97 Å². The third-order valence-electron chi connectivity index (χ3n) is 15.7. The highest BCUT2D eigenvalue weighted by molar-refractivity contribution is 6.31. The lowest BCUT2D eigenvalue weighted by Gasteiger charge is -2.56. The number of ketones is 2. The van der Waals surface area contributed by atoms with Crippen LogP contribution < -0.4 is 4.74 Å². The van der Waals surface area contributed by atoms with Crippen LogP contribution in [0.25, 0.3) is 0 Å². The molecule has 71 heavy (non-hydrogen) atoms. The summed E-state index contributed by atoms with van der Waals surface area (Å²) in [5, 5.41) is 91.5.